The summed E-state index contributed by atoms with van der Waals surface area (Å²) in [5.74, 6) is -2.07. The van der Waals surface area contributed by atoms with Crippen molar-refractivity contribution in [3.8, 4) is 0 Å². The van der Waals surface area contributed by atoms with Crippen LogP contribution in [0.5, 0.6) is 0 Å². The molecule has 126 valence electrons. The van der Waals surface area contributed by atoms with E-state index in [4.69, 9.17) is 9.47 Å². The molecule has 1 heterocycles. The zero-order valence-electron chi connectivity index (χ0n) is 13.6. The molecule has 1 fully saturated rings. The van der Waals surface area contributed by atoms with E-state index in [2.05, 4.69) is 5.32 Å². The van der Waals surface area contributed by atoms with Crippen LogP contribution < -0.4 is 5.32 Å². The minimum Gasteiger partial charge on any atom is -0.460 e. The normalized spacial score (nSPS) is 31.5. The second-order valence-corrected chi connectivity index (χ2v) is 9.57. The van der Waals surface area contributed by atoms with Gasteiger partial charge in [0.15, 0.2) is 5.85 Å². The Hall–Kier alpha value is -1.36. The van der Waals surface area contributed by atoms with E-state index in [0.29, 0.717) is 0 Å². The molecule has 8 heteroatoms. The molecule has 4 atom stereocenters. The molecule has 7 nitrogen and oxygen atoms in total. The third-order valence-corrected chi connectivity index (χ3v) is 7.71. The van der Waals surface area contributed by atoms with Gasteiger partial charge in [-0.2, -0.15) is 0 Å². The Morgan fingerprint density at radius 1 is 1.09 bits per heavy atom. The number of hydrogen-bond acceptors (Lipinski definition) is 6. The highest BCUT2D eigenvalue weighted by Crippen LogP contribution is 2.60. The van der Waals surface area contributed by atoms with Gasteiger partial charge >= 0.3 is 11.9 Å². The number of esters is 2. The molecule has 0 aromatic heterocycles. The van der Waals surface area contributed by atoms with Crippen LogP contribution in [0.25, 0.3) is 0 Å². The smallest absolute Gasteiger partial charge is 0.303 e. The lowest BCUT2D eigenvalue weighted by atomic mass is 10.1. The number of ether oxygens (including phenoxy) is 2. The molecular formula is C14H24NO6P. The Morgan fingerprint density at radius 2 is 1.64 bits per heavy atom. The van der Waals surface area contributed by atoms with E-state index in [1.807, 2.05) is 0 Å². The van der Waals surface area contributed by atoms with Gasteiger partial charge in [0, 0.05) is 39.0 Å². The van der Waals surface area contributed by atoms with E-state index in [9.17, 15) is 18.9 Å². The fraction of sp³-hybridized carbons (Fsp3) is 0.786. The van der Waals surface area contributed by atoms with E-state index in [1.54, 1.807) is 13.8 Å². The molecule has 0 bridgehead atoms. The van der Waals surface area contributed by atoms with Crippen molar-refractivity contribution in [3.05, 3.63) is 0 Å². The summed E-state index contributed by atoms with van der Waals surface area (Å²) in [6.07, 6.45) is -0.416. The van der Waals surface area contributed by atoms with E-state index in [-0.39, 0.29) is 24.1 Å². The molecular weight excluding hydrogens is 309 g/mol. The number of amides is 1. The molecule has 1 rings (SSSR count). The van der Waals surface area contributed by atoms with Crippen molar-refractivity contribution < 1.29 is 28.4 Å². The summed E-state index contributed by atoms with van der Waals surface area (Å²) < 4.78 is 23.7. The highest BCUT2D eigenvalue weighted by molar-refractivity contribution is 7.65. The van der Waals surface area contributed by atoms with Crippen LogP contribution in [0.4, 0.5) is 0 Å². The maximum atomic E-state index is 13.2. The third kappa shape index (κ3) is 4.57. The van der Waals surface area contributed by atoms with Crippen LogP contribution in [-0.4, -0.2) is 47.7 Å². The molecule has 1 aliphatic rings. The maximum Gasteiger partial charge on any atom is 0.303 e. The lowest BCUT2D eigenvalue weighted by Crippen LogP contribution is -2.52. The molecule has 1 N–H and O–H groups in total. The number of rotatable bonds is 4. The number of nitrogens with one attached hydrogen (secondary N) is 1. The monoisotopic (exact) mass is 333 g/mol. The Bertz CT molecular complexity index is 504. The third-order valence-electron chi connectivity index (χ3n) is 3.74. The highest BCUT2D eigenvalue weighted by Gasteiger charge is 2.49. The Balaban J connectivity index is 3.10. The quantitative estimate of drug-likeness (QED) is 0.618. The number of carbonyl (C=O) groups excluding carboxylic acids is 3. The van der Waals surface area contributed by atoms with Crippen LogP contribution in [0.15, 0.2) is 0 Å². The zero-order chi connectivity index (χ0) is 17.1. The average molecular weight is 333 g/mol. The van der Waals surface area contributed by atoms with Crippen LogP contribution in [0.2, 0.25) is 0 Å². The summed E-state index contributed by atoms with van der Waals surface area (Å²) >= 11 is 0. The molecule has 0 saturated carbocycles. The summed E-state index contributed by atoms with van der Waals surface area (Å²) in [7, 11) is -2.91. The van der Waals surface area contributed by atoms with Crippen molar-refractivity contribution in [2.75, 3.05) is 6.16 Å². The predicted octanol–water partition coefficient (Wildman–Crippen LogP) is 1.49. The maximum absolute atomic E-state index is 13.2. The van der Waals surface area contributed by atoms with E-state index in [0.717, 1.165) is 0 Å². The summed E-state index contributed by atoms with van der Waals surface area (Å²) in [5.41, 5.74) is -0.215. The van der Waals surface area contributed by atoms with E-state index >= 15 is 0 Å². The van der Waals surface area contributed by atoms with Gasteiger partial charge < -0.3 is 19.4 Å². The summed E-state index contributed by atoms with van der Waals surface area (Å²) in [5, 5.41) is 2.69. The molecule has 1 saturated heterocycles. The summed E-state index contributed by atoms with van der Waals surface area (Å²) in [4.78, 5) is 33.9. The molecule has 1 aliphatic heterocycles. The Labute approximate surface area is 130 Å². The van der Waals surface area contributed by atoms with Gasteiger partial charge in [0.1, 0.15) is 13.2 Å². The fourth-order valence-corrected chi connectivity index (χ4v) is 5.82. The largest absolute Gasteiger partial charge is 0.460 e. The van der Waals surface area contributed by atoms with Gasteiger partial charge in [0.05, 0.1) is 6.04 Å². The zero-order valence-corrected chi connectivity index (χ0v) is 14.5. The molecule has 1 unspecified atom stereocenters. The topological polar surface area (TPSA) is 98.8 Å². The van der Waals surface area contributed by atoms with Crippen LogP contribution in [0.3, 0.4) is 0 Å². The lowest BCUT2D eigenvalue weighted by molar-refractivity contribution is -0.151. The average Bonchev–Trinajstić information content (AvgIpc) is 2.32. The fourth-order valence-electron chi connectivity index (χ4n) is 2.69. The first-order chi connectivity index (χ1) is 10.1. The standard InChI is InChI=1S/C14H24NO6P/c1-8(2)22(19)7-13(20-10(4)17)12(15-9(3)16)6-14(22)21-11(5)18/h8,12-14H,6-7H2,1-5H3,(H,15,16)/t12-,13+,14+,22?/m0/s1. The predicted molar refractivity (Wildman–Crippen MR) is 80.9 cm³/mol. The van der Waals surface area contributed by atoms with Crippen LogP contribution >= 0.6 is 7.14 Å². The Morgan fingerprint density at radius 3 is 2.05 bits per heavy atom. The van der Waals surface area contributed by atoms with Crippen molar-refractivity contribution in [3.63, 3.8) is 0 Å². The van der Waals surface area contributed by atoms with Gasteiger partial charge in [-0.3, -0.25) is 14.4 Å². The molecule has 0 aliphatic carbocycles. The van der Waals surface area contributed by atoms with Crippen molar-refractivity contribution in [1.29, 1.82) is 0 Å². The number of hydrogen-bond donors (Lipinski definition) is 1. The first-order valence-corrected chi connectivity index (χ1v) is 9.29. The molecule has 22 heavy (non-hydrogen) atoms. The molecule has 0 aromatic rings. The van der Waals surface area contributed by atoms with Crippen molar-refractivity contribution >= 4 is 25.0 Å². The van der Waals surface area contributed by atoms with Crippen molar-refractivity contribution in [1.82, 2.24) is 5.32 Å². The van der Waals surface area contributed by atoms with Crippen molar-refractivity contribution in [2.45, 2.75) is 64.7 Å². The molecule has 0 aromatic carbocycles. The minimum atomic E-state index is -2.91. The summed E-state index contributed by atoms with van der Waals surface area (Å²) in [6.45, 7) is 7.46. The van der Waals surface area contributed by atoms with Gasteiger partial charge in [-0.1, -0.05) is 13.8 Å². The highest BCUT2D eigenvalue weighted by atomic mass is 31.2. The second kappa shape index (κ2) is 7.27. The first-order valence-electron chi connectivity index (χ1n) is 7.26. The lowest BCUT2D eigenvalue weighted by Gasteiger charge is -2.41. The SMILES string of the molecule is CC(=O)N[C@H]1C[C@H](OC(C)=O)P(=O)(C(C)C)C[C@H]1OC(C)=O. The van der Waals surface area contributed by atoms with Gasteiger partial charge in [0.25, 0.3) is 0 Å². The number of carbonyl (C=O) groups is 3. The van der Waals surface area contributed by atoms with E-state index in [1.165, 1.54) is 20.8 Å². The second-order valence-electron chi connectivity index (χ2n) is 5.89. The van der Waals surface area contributed by atoms with Gasteiger partial charge in [-0.05, 0) is 0 Å². The van der Waals surface area contributed by atoms with Crippen LogP contribution in [0.1, 0.15) is 41.0 Å². The van der Waals surface area contributed by atoms with Crippen LogP contribution in [0, 0.1) is 0 Å². The molecule has 0 spiro atoms. The van der Waals surface area contributed by atoms with E-state index < -0.39 is 37.1 Å². The minimum absolute atomic E-state index is 0.0904. The van der Waals surface area contributed by atoms with Crippen LogP contribution in [-0.2, 0) is 28.4 Å². The first kappa shape index (κ1) is 18.7. The van der Waals surface area contributed by atoms with Gasteiger partial charge in [-0.15, -0.1) is 0 Å². The van der Waals surface area contributed by atoms with Gasteiger partial charge in [-0.25, -0.2) is 0 Å². The molecule has 0 radical (unpaired) electrons. The van der Waals surface area contributed by atoms with Crippen molar-refractivity contribution in [2.24, 2.45) is 0 Å². The Kier molecular flexibility index (Phi) is 6.17. The van der Waals surface area contributed by atoms with Gasteiger partial charge in [0.2, 0.25) is 5.91 Å². The summed E-state index contributed by atoms with van der Waals surface area (Å²) in [6, 6.07) is -0.522. The molecule has 1 amide bonds.